The lowest BCUT2D eigenvalue weighted by molar-refractivity contribution is 0.378. The van der Waals surface area contributed by atoms with E-state index in [1.54, 1.807) is 10.9 Å². The zero-order valence-electron chi connectivity index (χ0n) is 13.1. The quantitative estimate of drug-likeness (QED) is 0.759. The third-order valence-corrected chi connectivity index (χ3v) is 4.85. The van der Waals surface area contributed by atoms with Gasteiger partial charge in [-0.05, 0) is 24.7 Å². The zero-order chi connectivity index (χ0) is 15.5. The summed E-state index contributed by atoms with van der Waals surface area (Å²) < 4.78 is 28.6. The zero-order valence-corrected chi connectivity index (χ0v) is 13.9. The van der Waals surface area contributed by atoms with Crippen molar-refractivity contribution in [2.75, 3.05) is 13.1 Å². The molecular formula is C14H26N4O2S. The Balaban J connectivity index is 1.82. The van der Waals surface area contributed by atoms with E-state index in [1.807, 2.05) is 0 Å². The Morgan fingerprint density at radius 2 is 2.05 bits per heavy atom. The summed E-state index contributed by atoms with van der Waals surface area (Å²) in [7, 11) is -3.44. The molecule has 21 heavy (non-hydrogen) atoms. The van der Waals surface area contributed by atoms with Crippen molar-refractivity contribution in [1.82, 2.24) is 19.8 Å². The molecule has 1 aliphatic carbocycles. The maximum Gasteiger partial charge on any atom is 0.243 e. The van der Waals surface area contributed by atoms with Gasteiger partial charge in [-0.2, -0.15) is 5.10 Å². The van der Waals surface area contributed by atoms with E-state index in [0.29, 0.717) is 19.1 Å². The molecule has 0 spiro atoms. The van der Waals surface area contributed by atoms with Gasteiger partial charge < -0.3 is 5.32 Å². The number of hydrogen-bond donors (Lipinski definition) is 2. The molecule has 0 aromatic carbocycles. The van der Waals surface area contributed by atoms with Gasteiger partial charge in [0.25, 0.3) is 0 Å². The molecule has 1 aliphatic rings. The molecule has 1 aromatic heterocycles. The molecule has 2 rings (SSSR count). The fourth-order valence-electron chi connectivity index (χ4n) is 1.92. The minimum Gasteiger partial charge on any atom is -0.312 e. The highest BCUT2D eigenvalue weighted by Gasteiger charge is 2.20. The van der Waals surface area contributed by atoms with Gasteiger partial charge in [0.1, 0.15) is 4.90 Å². The molecular weight excluding hydrogens is 288 g/mol. The lowest BCUT2D eigenvalue weighted by atomic mass is 9.93. The number of sulfonamides is 1. The summed E-state index contributed by atoms with van der Waals surface area (Å²) in [5.74, 6) is 0. The first kappa shape index (κ1) is 16.5. The maximum absolute atomic E-state index is 12.1. The summed E-state index contributed by atoms with van der Waals surface area (Å²) in [4.78, 5) is 0.239. The first-order chi connectivity index (χ1) is 9.76. The van der Waals surface area contributed by atoms with Gasteiger partial charge >= 0.3 is 0 Å². The molecule has 2 N–H and O–H groups in total. The van der Waals surface area contributed by atoms with Gasteiger partial charge in [0, 0.05) is 25.3 Å². The Kier molecular flexibility index (Phi) is 5.06. The standard InChI is InChI=1S/C14H26N4O2S/c1-14(2,3)6-7-17-21(19,20)13-10-16-18(11-13)9-8-15-12-4-5-12/h10-12,15,17H,4-9H2,1-3H3. The molecule has 6 nitrogen and oxygen atoms in total. The number of aromatic nitrogens is 2. The maximum atomic E-state index is 12.1. The smallest absolute Gasteiger partial charge is 0.243 e. The van der Waals surface area contributed by atoms with E-state index in [1.165, 1.54) is 19.0 Å². The molecule has 0 atom stereocenters. The summed E-state index contributed by atoms with van der Waals surface area (Å²) in [6, 6.07) is 0.655. The minimum atomic E-state index is -3.44. The van der Waals surface area contributed by atoms with Crippen LogP contribution < -0.4 is 10.0 Å². The Morgan fingerprint density at radius 3 is 2.67 bits per heavy atom. The van der Waals surface area contributed by atoms with Crippen LogP contribution in [0.4, 0.5) is 0 Å². The van der Waals surface area contributed by atoms with E-state index in [9.17, 15) is 8.42 Å². The van der Waals surface area contributed by atoms with Gasteiger partial charge in [-0.15, -0.1) is 0 Å². The van der Waals surface area contributed by atoms with Crippen molar-refractivity contribution in [3.05, 3.63) is 12.4 Å². The van der Waals surface area contributed by atoms with E-state index in [-0.39, 0.29) is 10.3 Å². The van der Waals surface area contributed by atoms with Crippen LogP contribution in [0.5, 0.6) is 0 Å². The molecule has 0 radical (unpaired) electrons. The van der Waals surface area contributed by atoms with E-state index in [2.05, 4.69) is 35.9 Å². The van der Waals surface area contributed by atoms with Gasteiger partial charge in [0.05, 0.1) is 12.7 Å². The topological polar surface area (TPSA) is 76.0 Å². The van der Waals surface area contributed by atoms with Crippen LogP contribution >= 0.6 is 0 Å². The van der Waals surface area contributed by atoms with Crippen molar-refractivity contribution in [2.24, 2.45) is 5.41 Å². The molecule has 1 aromatic rings. The lowest BCUT2D eigenvalue weighted by Crippen LogP contribution is -2.27. The third-order valence-electron chi connectivity index (χ3n) is 3.44. The lowest BCUT2D eigenvalue weighted by Gasteiger charge is -2.17. The van der Waals surface area contributed by atoms with Gasteiger partial charge in [-0.25, -0.2) is 13.1 Å². The van der Waals surface area contributed by atoms with Crippen LogP contribution in [0.2, 0.25) is 0 Å². The van der Waals surface area contributed by atoms with Gasteiger partial charge in [0.15, 0.2) is 0 Å². The minimum absolute atomic E-state index is 0.112. The molecule has 0 unspecified atom stereocenters. The van der Waals surface area contributed by atoms with E-state index >= 15 is 0 Å². The summed E-state index contributed by atoms with van der Waals surface area (Å²) in [5, 5.41) is 7.49. The van der Waals surface area contributed by atoms with Crippen LogP contribution in [0.1, 0.15) is 40.0 Å². The molecule has 0 saturated heterocycles. The van der Waals surface area contributed by atoms with Crippen LogP contribution in [0.25, 0.3) is 0 Å². The number of nitrogens with one attached hydrogen (secondary N) is 2. The van der Waals surface area contributed by atoms with Crippen LogP contribution in [-0.2, 0) is 16.6 Å². The molecule has 1 saturated carbocycles. The summed E-state index contributed by atoms with van der Waals surface area (Å²) in [6.07, 6.45) is 6.29. The highest BCUT2D eigenvalue weighted by molar-refractivity contribution is 7.89. The summed E-state index contributed by atoms with van der Waals surface area (Å²) >= 11 is 0. The first-order valence-corrected chi connectivity index (χ1v) is 9.00. The van der Waals surface area contributed by atoms with Crippen molar-refractivity contribution in [2.45, 2.75) is 57.5 Å². The second kappa shape index (κ2) is 6.46. The van der Waals surface area contributed by atoms with Crippen LogP contribution in [0.3, 0.4) is 0 Å². The Hall–Kier alpha value is -0.920. The SMILES string of the molecule is CC(C)(C)CCNS(=O)(=O)c1cnn(CCNC2CC2)c1. The molecule has 0 aliphatic heterocycles. The fourth-order valence-corrected chi connectivity index (χ4v) is 2.90. The van der Waals surface area contributed by atoms with Gasteiger partial charge in [-0.3, -0.25) is 4.68 Å². The van der Waals surface area contributed by atoms with E-state index < -0.39 is 10.0 Å². The van der Waals surface area contributed by atoms with Crippen LogP contribution in [0, 0.1) is 5.41 Å². The van der Waals surface area contributed by atoms with Crippen molar-refractivity contribution >= 4 is 10.0 Å². The highest BCUT2D eigenvalue weighted by atomic mass is 32.2. The normalized spacial score (nSPS) is 16.3. The fraction of sp³-hybridized carbons (Fsp3) is 0.786. The van der Waals surface area contributed by atoms with E-state index in [0.717, 1.165) is 13.0 Å². The number of rotatable bonds is 8. The monoisotopic (exact) mass is 314 g/mol. The second-order valence-corrected chi connectivity index (χ2v) is 8.64. The molecule has 0 bridgehead atoms. The van der Waals surface area contributed by atoms with Crippen LogP contribution in [-0.4, -0.2) is 37.3 Å². The molecule has 1 fully saturated rings. The number of nitrogens with zero attached hydrogens (tertiary/aromatic N) is 2. The van der Waals surface area contributed by atoms with Crippen molar-refractivity contribution < 1.29 is 8.42 Å². The first-order valence-electron chi connectivity index (χ1n) is 7.52. The predicted octanol–water partition coefficient (Wildman–Crippen LogP) is 1.35. The number of hydrogen-bond acceptors (Lipinski definition) is 4. The predicted molar refractivity (Wildman–Crippen MR) is 82.5 cm³/mol. The Bertz CT molecular complexity index is 556. The molecule has 120 valence electrons. The second-order valence-electron chi connectivity index (χ2n) is 6.88. The third kappa shape index (κ3) is 5.76. The van der Waals surface area contributed by atoms with E-state index in [4.69, 9.17) is 0 Å². The van der Waals surface area contributed by atoms with Crippen molar-refractivity contribution in [3.8, 4) is 0 Å². The summed E-state index contributed by atoms with van der Waals surface area (Å²) in [5.41, 5.74) is 0.112. The van der Waals surface area contributed by atoms with Crippen molar-refractivity contribution in [1.29, 1.82) is 0 Å². The molecule has 7 heteroatoms. The highest BCUT2D eigenvalue weighted by Crippen LogP contribution is 2.18. The molecule has 0 amide bonds. The average molecular weight is 314 g/mol. The Labute approximate surface area is 127 Å². The van der Waals surface area contributed by atoms with Gasteiger partial charge in [-0.1, -0.05) is 20.8 Å². The largest absolute Gasteiger partial charge is 0.312 e. The summed E-state index contributed by atoms with van der Waals surface area (Å²) in [6.45, 7) is 8.22. The molecule has 1 heterocycles. The Morgan fingerprint density at radius 1 is 1.33 bits per heavy atom. The van der Waals surface area contributed by atoms with Gasteiger partial charge in [0.2, 0.25) is 10.0 Å². The average Bonchev–Trinajstić information content (AvgIpc) is 3.03. The van der Waals surface area contributed by atoms with Crippen LogP contribution in [0.15, 0.2) is 17.3 Å². The van der Waals surface area contributed by atoms with Crippen molar-refractivity contribution in [3.63, 3.8) is 0 Å².